The Balaban J connectivity index is 1.42. The summed E-state index contributed by atoms with van der Waals surface area (Å²) in [5.74, 6) is -2.01. The van der Waals surface area contributed by atoms with E-state index in [9.17, 15) is 19.2 Å². The van der Waals surface area contributed by atoms with Crippen molar-refractivity contribution in [2.75, 3.05) is 11.9 Å². The van der Waals surface area contributed by atoms with Crippen LogP contribution in [0.4, 0.5) is 5.69 Å². The van der Waals surface area contributed by atoms with Crippen molar-refractivity contribution in [2.45, 2.75) is 53.0 Å². The van der Waals surface area contributed by atoms with Crippen molar-refractivity contribution in [2.24, 2.45) is 29.6 Å². The first kappa shape index (κ1) is 21.5. The van der Waals surface area contributed by atoms with E-state index in [4.69, 9.17) is 4.74 Å². The van der Waals surface area contributed by atoms with Gasteiger partial charge in [0.25, 0.3) is 5.91 Å². The van der Waals surface area contributed by atoms with E-state index in [1.165, 1.54) is 0 Å². The van der Waals surface area contributed by atoms with Crippen LogP contribution in [0.3, 0.4) is 0 Å². The average Bonchev–Trinajstić information content (AvgIpc) is 3.40. The van der Waals surface area contributed by atoms with Crippen molar-refractivity contribution in [1.29, 1.82) is 0 Å². The van der Waals surface area contributed by atoms with Gasteiger partial charge in [-0.25, -0.2) is 4.79 Å². The molecule has 1 N–H and O–H groups in total. The van der Waals surface area contributed by atoms with Crippen LogP contribution in [0, 0.1) is 43.4 Å². The lowest BCUT2D eigenvalue weighted by atomic mass is 9.81. The Kier molecular flexibility index (Phi) is 5.62. The number of hydrogen-bond donors (Lipinski definition) is 1. The van der Waals surface area contributed by atoms with Gasteiger partial charge in [-0.15, -0.1) is 0 Å². The van der Waals surface area contributed by atoms with E-state index >= 15 is 0 Å². The summed E-state index contributed by atoms with van der Waals surface area (Å²) in [6.45, 7) is 6.95. The summed E-state index contributed by atoms with van der Waals surface area (Å²) in [6, 6.07) is 4.57. The number of nitrogens with one attached hydrogen (secondary N) is 1. The fourth-order valence-electron chi connectivity index (χ4n) is 5.68. The number of carbonyl (C=O) groups excluding carboxylic acids is 4. The van der Waals surface area contributed by atoms with Gasteiger partial charge < -0.3 is 10.1 Å². The predicted octanol–water partition coefficient (Wildman–Crippen LogP) is 2.84. The van der Waals surface area contributed by atoms with E-state index in [1.54, 1.807) is 19.9 Å². The van der Waals surface area contributed by atoms with Gasteiger partial charge in [-0.2, -0.15) is 0 Å². The molecule has 7 nitrogen and oxygen atoms in total. The Morgan fingerprint density at radius 3 is 2.29 bits per heavy atom. The molecule has 3 fully saturated rings. The number of carbonyl (C=O) groups is 4. The van der Waals surface area contributed by atoms with Crippen LogP contribution >= 0.6 is 0 Å². The standard InChI is InChI=1S/C24H30N2O5/c1-12(2)21(26-22(28)19-15-8-9-16(10-15)20(19)23(26)29)24(30)31-11-18(27)25-17-7-5-6-13(3)14(17)4/h5-7,12,15-16,19-21H,8-11H2,1-4H3,(H,25,27)/t15-,16+,19-,20+,21-/m0/s1. The van der Waals surface area contributed by atoms with Crippen LogP contribution in [0.1, 0.15) is 44.2 Å². The number of benzene rings is 1. The topological polar surface area (TPSA) is 92.8 Å². The van der Waals surface area contributed by atoms with Gasteiger partial charge in [0, 0.05) is 5.69 Å². The molecule has 2 aliphatic carbocycles. The van der Waals surface area contributed by atoms with Gasteiger partial charge in [0.1, 0.15) is 6.04 Å². The van der Waals surface area contributed by atoms with Gasteiger partial charge in [0.15, 0.2) is 6.61 Å². The lowest BCUT2D eigenvalue weighted by Crippen LogP contribution is -2.50. The molecule has 3 amide bonds. The molecule has 0 unspecified atom stereocenters. The SMILES string of the molecule is Cc1cccc(NC(=O)COC(=O)[C@H](C(C)C)N2C(=O)[C@@H]3[C@@H]4CC[C@@H](C4)[C@@H]3C2=O)c1C. The third kappa shape index (κ3) is 3.64. The smallest absolute Gasteiger partial charge is 0.330 e. The molecule has 1 aromatic carbocycles. The number of nitrogens with zero attached hydrogens (tertiary/aromatic N) is 1. The molecular weight excluding hydrogens is 396 g/mol. The summed E-state index contributed by atoms with van der Waals surface area (Å²) >= 11 is 0. The average molecular weight is 427 g/mol. The van der Waals surface area contributed by atoms with Crippen molar-refractivity contribution in [3.63, 3.8) is 0 Å². The molecule has 1 aliphatic heterocycles. The third-order valence-electron chi connectivity index (χ3n) is 7.34. The van der Waals surface area contributed by atoms with E-state index < -0.39 is 24.5 Å². The lowest BCUT2D eigenvalue weighted by molar-refractivity contribution is -0.162. The van der Waals surface area contributed by atoms with E-state index in [2.05, 4.69) is 5.32 Å². The van der Waals surface area contributed by atoms with E-state index in [0.29, 0.717) is 5.69 Å². The molecule has 2 saturated carbocycles. The van der Waals surface area contributed by atoms with Gasteiger partial charge in [0.2, 0.25) is 11.8 Å². The monoisotopic (exact) mass is 426 g/mol. The van der Waals surface area contributed by atoms with Gasteiger partial charge >= 0.3 is 5.97 Å². The minimum absolute atomic E-state index is 0.238. The highest BCUT2D eigenvalue weighted by molar-refractivity contribution is 6.08. The third-order valence-corrected chi connectivity index (χ3v) is 7.34. The summed E-state index contributed by atoms with van der Waals surface area (Å²) in [6.07, 6.45) is 2.90. The predicted molar refractivity (Wildman–Crippen MR) is 114 cm³/mol. The number of fused-ring (bicyclic) bond motifs is 5. The number of anilines is 1. The van der Waals surface area contributed by atoms with Gasteiger partial charge in [-0.1, -0.05) is 26.0 Å². The molecule has 31 heavy (non-hydrogen) atoms. The molecule has 0 aromatic heterocycles. The Labute approximate surface area is 182 Å². The van der Waals surface area contributed by atoms with Crippen molar-refractivity contribution in [3.05, 3.63) is 29.3 Å². The summed E-state index contributed by atoms with van der Waals surface area (Å²) in [7, 11) is 0. The maximum Gasteiger partial charge on any atom is 0.330 e. The van der Waals surface area contributed by atoms with Crippen molar-refractivity contribution in [1.82, 2.24) is 4.90 Å². The number of ether oxygens (including phenoxy) is 1. The molecule has 1 aromatic rings. The number of esters is 1. The van der Waals surface area contributed by atoms with Crippen LogP contribution in [-0.4, -0.2) is 41.2 Å². The molecule has 5 atom stereocenters. The highest BCUT2D eigenvalue weighted by Crippen LogP contribution is 2.56. The maximum atomic E-state index is 13.1. The fourth-order valence-corrected chi connectivity index (χ4v) is 5.68. The molecule has 1 heterocycles. The van der Waals surface area contributed by atoms with Crippen LogP contribution in [0.5, 0.6) is 0 Å². The van der Waals surface area contributed by atoms with Crippen LogP contribution in [-0.2, 0) is 23.9 Å². The number of aryl methyl sites for hydroxylation is 1. The van der Waals surface area contributed by atoms with E-state index in [1.807, 2.05) is 26.0 Å². The van der Waals surface area contributed by atoms with E-state index in [0.717, 1.165) is 35.3 Å². The summed E-state index contributed by atoms with van der Waals surface area (Å²) in [5, 5.41) is 2.75. The molecular formula is C24H30N2O5. The lowest BCUT2D eigenvalue weighted by Gasteiger charge is -2.28. The minimum atomic E-state index is -1.00. The van der Waals surface area contributed by atoms with Crippen molar-refractivity contribution >= 4 is 29.4 Å². The van der Waals surface area contributed by atoms with E-state index in [-0.39, 0.29) is 41.4 Å². The molecule has 7 heteroatoms. The Bertz CT molecular complexity index is 912. The number of amides is 3. The zero-order valence-corrected chi connectivity index (χ0v) is 18.5. The number of likely N-dealkylation sites (tertiary alicyclic amines) is 1. The quantitative estimate of drug-likeness (QED) is 0.558. The van der Waals surface area contributed by atoms with Crippen LogP contribution < -0.4 is 5.32 Å². The second kappa shape index (κ2) is 8.09. The molecule has 2 bridgehead atoms. The summed E-state index contributed by atoms with van der Waals surface area (Å²) in [4.78, 5) is 52.6. The Morgan fingerprint density at radius 1 is 1.10 bits per heavy atom. The molecule has 3 aliphatic rings. The first-order valence-electron chi connectivity index (χ1n) is 11.1. The van der Waals surface area contributed by atoms with Gasteiger partial charge in [-0.05, 0) is 68.1 Å². The maximum absolute atomic E-state index is 13.1. The van der Waals surface area contributed by atoms with Gasteiger partial charge in [-0.3, -0.25) is 19.3 Å². The van der Waals surface area contributed by atoms with Crippen molar-refractivity contribution < 1.29 is 23.9 Å². The van der Waals surface area contributed by atoms with Crippen LogP contribution in [0.15, 0.2) is 18.2 Å². The zero-order valence-electron chi connectivity index (χ0n) is 18.5. The number of hydrogen-bond acceptors (Lipinski definition) is 5. The normalized spacial score (nSPS) is 27.6. The number of rotatable bonds is 6. The molecule has 4 rings (SSSR count). The summed E-state index contributed by atoms with van der Waals surface area (Å²) < 4.78 is 5.27. The molecule has 1 saturated heterocycles. The first-order valence-corrected chi connectivity index (χ1v) is 11.1. The Morgan fingerprint density at radius 2 is 1.71 bits per heavy atom. The highest BCUT2D eigenvalue weighted by Gasteiger charge is 2.62. The fraction of sp³-hybridized carbons (Fsp3) is 0.583. The first-order chi connectivity index (χ1) is 14.7. The zero-order chi connectivity index (χ0) is 22.4. The van der Waals surface area contributed by atoms with Gasteiger partial charge in [0.05, 0.1) is 11.8 Å². The molecule has 0 radical (unpaired) electrons. The van der Waals surface area contributed by atoms with Crippen LogP contribution in [0.25, 0.3) is 0 Å². The van der Waals surface area contributed by atoms with Crippen molar-refractivity contribution in [3.8, 4) is 0 Å². The second-order valence-electron chi connectivity index (χ2n) is 9.52. The summed E-state index contributed by atoms with van der Waals surface area (Å²) in [5.41, 5.74) is 2.64. The number of imide groups is 1. The minimum Gasteiger partial charge on any atom is -0.454 e. The van der Waals surface area contributed by atoms with Crippen LogP contribution in [0.2, 0.25) is 0 Å². The highest BCUT2D eigenvalue weighted by atomic mass is 16.5. The second-order valence-corrected chi connectivity index (χ2v) is 9.52. The Hall–Kier alpha value is -2.70. The molecule has 0 spiro atoms. The molecule has 166 valence electrons. The largest absolute Gasteiger partial charge is 0.454 e.